The summed E-state index contributed by atoms with van der Waals surface area (Å²) in [6, 6.07) is 12.1. The van der Waals surface area contributed by atoms with E-state index in [9.17, 15) is 18.0 Å². The van der Waals surface area contributed by atoms with Gasteiger partial charge in [-0.1, -0.05) is 6.92 Å². The first-order chi connectivity index (χ1) is 13.8. The van der Waals surface area contributed by atoms with E-state index in [4.69, 9.17) is 9.47 Å². The van der Waals surface area contributed by atoms with Crippen LogP contribution in [0.5, 0.6) is 5.75 Å². The average molecular weight is 420 g/mol. The molecule has 0 aliphatic carbocycles. The van der Waals surface area contributed by atoms with Crippen LogP contribution in [0.25, 0.3) is 0 Å². The minimum atomic E-state index is -3.83. The van der Waals surface area contributed by atoms with Gasteiger partial charge < -0.3 is 14.8 Å². The lowest BCUT2D eigenvalue weighted by Gasteiger charge is -2.20. The second-order valence-electron chi connectivity index (χ2n) is 5.95. The average Bonchev–Trinajstić information content (AvgIpc) is 2.72. The van der Waals surface area contributed by atoms with E-state index < -0.39 is 21.9 Å². The lowest BCUT2D eigenvalue weighted by Crippen LogP contribution is -2.37. The second-order valence-corrected chi connectivity index (χ2v) is 7.89. The molecule has 0 saturated carbocycles. The van der Waals surface area contributed by atoms with E-state index in [0.29, 0.717) is 17.0 Å². The first kappa shape index (κ1) is 22.4. The van der Waals surface area contributed by atoms with Crippen molar-refractivity contribution < 1.29 is 27.5 Å². The van der Waals surface area contributed by atoms with E-state index in [1.165, 1.54) is 31.4 Å². The van der Waals surface area contributed by atoms with E-state index in [1.54, 1.807) is 38.1 Å². The van der Waals surface area contributed by atoms with Crippen LogP contribution in [0.15, 0.2) is 53.4 Å². The van der Waals surface area contributed by atoms with Crippen molar-refractivity contribution in [1.82, 2.24) is 4.31 Å². The summed E-state index contributed by atoms with van der Waals surface area (Å²) >= 11 is 0. The Bertz CT molecular complexity index is 940. The maximum absolute atomic E-state index is 12.8. The highest BCUT2D eigenvalue weighted by Crippen LogP contribution is 2.19. The van der Waals surface area contributed by atoms with Crippen LogP contribution in [0.4, 0.5) is 5.69 Å². The molecule has 0 heterocycles. The smallest absolute Gasteiger partial charge is 0.338 e. The van der Waals surface area contributed by atoms with Crippen molar-refractivity contribution in [3.63, 3.8) is 0 Å². The van der Waals surface area contributed by atoms with Gasteiger partial charge in [-0.15, -0.1) is 0 Å². The molecule has 1 amide bonds. The SMILES string of the molecule is CCOC(=O)c1ccc(NC(=O)CN(CC)S(=O)(=O)c2ccc(OC)cc2)cc1. The van der Waals surface area contributed by atoms with Crippen LogP contribution in [0.3, 0.4) is 0 Å². The maximum atomic E-state index is 12.8. The van der Waals surface area contributed by atoms with Crippen molar-refractivity contribution >= 4 is 27.6 Å². The highest BCUT2D eigenvalue weighted by molar-refractivity contribution is 7.89. The monoisotopic (exact) mass is 420 g/mol. The molecule has 0 fully saturated rings. The topological polar surface area (TPSA) is 102 Å². The Hall–Kier alpha value is -2.91. The maximum Gasteiger partial charge on any atom is 0.338 e. The van der Waals surface area contributed by atoms with Crippen LogP contribution in [0.2, 0.25) is 0 Å². The molecule has 0 spiro atoms. The Kier molecular flexibility index (Phi) is 7.74. The molecule has 0 radical (unpaired) electrons. The molecule has 2 aromatic rings. The van der Waals surface area contributed by atoms with Gasteiger partial charge in [0.2, 0.25) is 15.9 Å². The highest BCUT2D eigenvalue weighted by atomic mass is 32.2. The Balaban J connectivity index is 2.06. The summed E-state index contributed by atoms with van der Waals surface area (Å²) in [6.45, 7) is 3.43. The zero-order chi connectivity index (χ0) is 21.4. The van der Waals surface area contributed by atoms with Gasteiger partial charge in [0.15, 0.2) is 0 Å². The number of amides is 1. The third kappa shape index (κ3) is 5.78. The summed E-state index contributed by atoms with van der Waals surface area (Å²) in [5.74, 6) is -0.406. The molecule has 29 heavy (non-hydrogen) atoms. The molecular weight excluding hydrogens is 396 g/mol. The van der Waals surface area contributed by atoms with Crippen LogP contribution >= 0.6 is 0 Å². The van der Waals surface area contributed by atoms with E-state index in [0.717, 1.165) is 4.31 Å². The quantitative estimate of drug-likeness (QED) is 0.626. The predicted octanol–water partition coefficient (Wildman–Crippen LogP) is 2.52. The van der Waals surface area contributed by atoms with Crippen molar-refractivity contribution in [2.75, 3.05) is 32.1 Å². The fraction of sp³-hybridized carbons (Fsp3) is 0.300. The molecule has 2 rings (SSSR count). The van der Waals surface area contributed by atoms with Gasteiger partial charge in [-0.25, -0.2) is 13.2 Å². The molecule has 0 aliphatic heterocycles. The van der Waals surface area contributed by atoms with Crippen molar-refractivity contribution in [1.29, 1.82) is 0 Å². The van der Waals surface area contributed by atoms with E-state index in [-0.39, 0.29) is 24.6 Å². The Morgan fingerprint density at radius 1 is 1.00 bits per heavy atom. The van der Waals surface area contributed by atoms with Gasteiger partial charge in [0.25, 0.3) is 0 Å². The van der Waals surface area contributed by atoms with Crippen LogP contribution in [0, 0.1) is 0 Å². The normalized spacial score (nSPS) is 11.2. The molecule has 2 aromatic carbocycles. The summed E-state index contributed by atoms with van der Waals surface area (Å²) in [6.07, 6.45) is 0. The number of benzene rings is 2. The number of sulfonamides is 1. The zero-order valence-electron chi connectivity index (χ0n) is 16.5. The van der Waals surface area contributed by atoms with Crippen LogP contribution in [-0.4, -0.2) is 51.4 Å². The zero-order valence-corrected chi connectivity index (χ0v) is 17.4. The number of esters is 1. The molecule has 0 unspecified atom stereocenters. The van der Waals surface area contributed by atoms with Gasteiger partial charge in [-0.2, -0.15) is 4.31 Å². The summed E-state index contributed by atoms with van der Waals surface area (Å²) in [4.78, 5) is 24.1. The number of rotatable bonds is 9. The van der Waals surface area contributed by atoms with Crippen LogP contribution in [0.1, 0.15) is 24.2 Å². The molecule has 1 N–H and O–H groups in total. The first-order valence-corrected chi connectivity index (χ1v) is 10.5. The third-order valence-electron chi connectivity index (χ3n) is 4.05. The summed E-state index contributed by atoms with van der Waals surface area (Å²) in [5, 5.41) is 2.63. The number of hydrogen-bond acceptors (Lipinski definition) is 6. The second kappa shape index (κ2) is 10.0. The standard InChI is InChI=1S/C20H24N2O6S/c1-4-22(29(25,26)18-12-10-17(27-3)11-13-18)14-19(23)21-16-8-6-15(7-9-16)20(24)28-5-2/h6-13H,4-5,14H2,1-3H3,(H,21,23). The number of carbonyl (C=O) groups is 2. The molecule has 0 aliphatic rings. The number of hydrogen-bond donors (Lipinski definition) is 1. The fourth-order valence-electron chi connectivity index (χ4n) is 2.53. The molecular formula is C20H24N2O6S. The van der Waals surface area contributed by atoms with Crippen molar-refractivity contribution in [2.24, 2.45) is 0 Å². The molecule has 0 saturated heterocycles. The van der Waals surface area contributed by atoms with Crippen LogP contribution < -0.4 is 10.1 Å². The van der Waals surface area contributed by atoms with E-state index in [2.05, 4.69) is 5.32 Å². The van der Waals surface area contributed by atoms with Gasteiger partial charge in [-0.05, 0) is 55.5 Å². The number of likely N-dealkylation sites (N-methyl/N-ethyl adjacent to an activating group) is 1. The Morgan fingerprint density at radius 2 is 1.62 bits per heavy atom. The molecule has 8 nitrogen and oxygen atoms in total. The summed E-state index contributed by atoms with van der Waals surface area (Å²) < 4.78 is 36.6. The lowest BCUT2D eigenvalue weighted by atomic mass is 10.2. The first-order valence-electron chi connectivity index (χ1n) is 9.03. The molecule has 0 aromatic heterocycles. The number of ether oxygens (including phenoxy) is 2. The minimum Gasteiger partial charge on any atom is -0.497 e. The Labute approximate surface area is 170 Å². The van der Waals surface area contributed by atoms with Gasteiger partial charge >= 0.3 is 5.97 Å². The number of nitrogens with one attached hydrogen (secondary N) is 1. The molecule has 9 heteroatoms. The molecule has 0 atom stereocenters. The molecule has 0 bridgehead atoms. The highest BCUT2D eigenvalue weighted by Gasteiger charge is 2.25. The number of anilines is 1. The fourth-order valence-corrected chi connectivity index (χ4v) is 3.93. The van der Waals surface area contributed by atoms with Gasteiger partial charge in [-0.3, -0.25) is 4.79 Å². The predicted molar refractivity (Wildman–Crippen MR) is 108 cm³/mol. The van der Waals surface area contributed by atoms with Gasteiger partial charge in [0.05, 0.1) is 30.7 Å². The van der Waals surface area contributed by atoms with E-state index in [1.807, 2.05) is 0 Å². The largest absolute Gasteiger partial charge is 0.497 e. The number of carbonyl (C=O) groups excluding carboxylic acids is 2. The van der Waals surface area contributed by atoms with Gasteiger partial charge in [0.1, 0.15) is 5.75 Å². The van der Waals surface area contributed by atoms with Crippen molar-refractivity contribution in [3.05, 3.63) is 54.1 Å². The summed E-state index contributed by atoms with van der Waals surface area (Å²) in [5.41, 5.74) is 0.808. The van der Waals surface area contributed by atoms with Crippen molar-refractivity contribution in [3.8, 4) is 5.75 Å². The number of nitrogens with zero attached hydrogens (tertiary/aromatic N) is 1. The minimum absolute atomic E-state index is 0.0757. The third-order valence-corrected chi connectivity index (χ3v) is 5.98. The molecule has 156 valence electrons. The summed E-state index contributed by atoms with van der Waals surface area (Å²) in [7, 11) is -2.34. The van der Waals surface area contributed by atoms with Crippen molar-refractivity contribution in [2.45, 2.75) is 18.7 Å². The lowest BCUT2D eigenvalue weighted by molar-refractivity contribution is -0.116. The number of methoxy groups -OCH3 is 1. The van der Waals surface area contributed by atoms with Crippen LogP contribution in [-0.2, 0) is 19.6 Å². The Morgan fingerprint density at radius 3 is 2.14 bits per heavy atom. The van der Waals surface area contributed by atoms with E-state index >= 15 is 0 Å². The van der Waals surface area contributed by atoms with Gasteiger partial charge in [0, 0.05) is 12.2 Å².